The molecule has 0 atom stereocenters. The van der Waals surface area contributed by atoms with Crippen molar-refractivity contribution in [1.29, 1.82) is 0 Å². The van der Waals surface area contributed by atoms with E-state index < -0.39 is 0 Å². The Morgan fingerprint density at radius 1 is 1.48 bits per heavy atom. The van der Waals surface area contributed by atoms with Gasteiger partial charge in [-0.15, -0.1) is 0 Å². The number of phenols is 1. The molecule has 0 heterocycles. The Balaban J connectivity index is 2.75. The molecule has 5 nitrogen and oxygen atoms in total. The maximum atomic E-state index is 12.0. The topological polar surface area (TPSA) is 64.9 Å². The fraction of sp³-hybridized carbons (Fsp3) is 0.429. The van der Waals surface area contributed by atoms with Crippen LogP contribution in [0.4, 0.5) is 5.69 Å². The molecule has 0 aromatic heterocycles. The number of isothiocyanates is 1. The maximum absolute atomic E-state index is 12.0. The molecule has 0 radical (unpaired) electrons. The van der Waals surface area contributed by atoms with E-state index in [1.54, 1.807) is 0 Å². The summed E-state index contributed by atoms with van der Waals surface area (Å²) in [5.74, 6) is -0.567. The summed E-state index contributed by atoms with van der Waals surface area (Å²) in [5, 5.41) is 15.0. The third-order valence-electron chi connectivity index (χ3n) is 3.08. The predicted octanol–water partition coefficient (Wildman–Crippen LogP) is 2.85. The number of carbonyl (C=O) groups excluding carboxylic acids is 1. The molecular weight excluding hydrogens is 310 g/mol. The van der Waals surface area contributed by atoms with Gasteiger partial charge in [0.1, 0.15) is 5.75 Å². The van der Waals surface area contributed by atoms with Crippen LogP contribution in [0.25, 0.3) is 0 Å². The number of benzene rings is 1. The van der Waals surface area contributed by atoms with Gasteiger partial charge < -0.3 is 15.3 Å². The summed E-state index contributed by atoms with van der Waals surface area (Å²) in [6.07, 6.45) is 0. The normalized spacial score (nSPS) is 10.3. The highest BCUT2D eigenvalue weighted by molar-refractivity contribution is 7.78. The van der Waals surface area contributed by atoms with Gasteiger partial charge in [-0.2, -0.15) is 4.99 Å². The summed E-state index contributed by atoms with van der Waals surface area (Å²) < 4.78 is 0. The predicted molar refractivity (Wildman–Crippen MR) is 87.9 cm³/mol. The van der Waals surface area contributed by atoms with E-state index in [-0.39, 0.29) is 27.9 Å². The van der Waals surface area contributed by atoms with Gasteiger partial charge in [0.05, 0.1) is 21.4 Å². The molecule has 0 fully saturated rings. The molecule has 0 aliphatic carbocycles. The molecule has 0 saturated heterocycles. The van der Waals surface area contributed by atoms with Gasteiger partial charge in [-0.1, -0.05) is 25.4 Å². The van der Waals surface area contributed by atoms with Gasteiger partial charge in [0.2, 0.25) is 0 Å². The number of halogens is 1. The Morgan fingerprint density at radius 3 is 2.71 bits per heavy atom. The van der Waals surface area contributed by atoms with E-state index in [0.29, 0.717) is 6.54 Å². The molecule has 0 spiro atoms. The molecule has 0 bridgehead atoms. The van der Waals surface area contributed by atoms with E-state index in [0.717, 1.165) is 19.6 Å². The number of likely N-dealkylation sites (N-methyl/N-ethyl adjacent to an activating group) is 1. The standard InChI is InChI=1S/C14H18ClN3O2S/c1-3-18(4-2)6-5-16-14(20)10-7-11(15)12(17-9-21)8-13(10)19/h7-8,19H,3-6H2,1-2H3,(H,16,20). The van der Waals surface area contributed by atoms with Gasteiger partial charge in [0.15, 0.2) is 0 Å². The number of aromatic hydroxyl groups is 1. The zero-order valence-electron chi connectivity index (χ0n) is 12.0. The Morgan fingerprint density at radius 2 is 2.14 bits per heavy atom. The monoisotopic (exact) mass is 327 g/mol. The zero-order valence-corrected chi connectivity index (χ0v) is 13.6. The van der Waals surface area contributed by atoms with Crippen LogP contribution in [0.1, 0.15) is 24.2 Å². The second-order valence-electron chi connectivity index (χ2n) is 4.31. The van der Waals surface area contributed by atoms with E-state index >= 15 is 0 Å². The van der Waals surface area contributed by atoms with Gasteiger partial charge in [-0.05, 0) is 31.4 Å². The Hall–Kier alpha value is -1.46. The minimum Gasteiger partial charge on any atom is -0.507 e. The number of rotatable bonds is 7. The van der Waals surface area contributed by atoms with E-state index in [4.69, 9.17) is 11.6 Å². The molecular formula is C14H18ClN3O2S. The molecule has 0 unspecified atom stereocenters. The summed E-state index contributed by atoms with van der Waals surface area (Å²) in [4.78, 5) is 17.9. The molecule has 0 saturated carbocycles. The number of nitrogens with one attached hydrogen (secondary N) is 1. The average molecular weight is 328 g/mol. The first-order chi connectivity index (χ1) is 10.0. The van der Waals surface area contributed by atoms with Crippen molar-refractivity contribution in [2.45, 2.75) is 13.8 Å². The van der Waals surface area contributed by atoms with Crippen LogP contribution >= 0.6 is 23.8 Å². The number of nitrogens with zero attached hydrogens (tertiary/aromatic N) is 2. The first-order valence-electron chi connectivity index (χ1n) is 6.64. The van der Waals surface area contributed by atoms with Crippen molar-refractivity contribution in [2.75, 3.05) is 26.2 Å². The van der Waals surface area contributed by atoms with Crippen molar-refractivity contribution in [2.24, 2.45) is 4.99 Å². The molecule has 0 aliphatic rings. The molecule has 2 N–H and O–H groups in total. The summed E-state index contributed by atoms with van der Waals surface area (Å²) in [7, 11) is 0. The highest BCUT2D eigenvalue weighted by Crippen LogP contribution is 2.31. The number of hydrogen-bond acceptors (Lipinski definition) is 5. The highest BCUT2D eigenvalue weighted by Gasteiger charge is 2.14. The SMILES string of the molecule is CCN(CC)CCNC(=O)c1cc(Cl)c(N=C=S)cc1O. The first-order valence-corrected chi connectivity index (χ1v) is 7.43. The van der Waals surface area contributed by atoms with Crippen LogP contribution in [0.3, 0.4) is 0 Å². The minimum atomic E-state index is -0.376. The molecule has 1 amide bonds. The summed E-state index contributed by atoms with van der Waals surface area (Å²) in [6, 6.07) is 2.66. The summed E-state index contributed by atoms with van der Waals surface area (Å²) in [6.45, 7) is 7.22. The quantitative estimate of drug-likeness (QED) is 0.597. The largest absolute Gasteiger partial charge is 0.507 e. The molecule has 114 valence electrons. The van der Waals surface area contributed by atoms with E-state index in [2.05, 4.69) is 46.4 Å². The molecule has 1 aromatic rings. The van der Waals surface area contributed by atoms with Gasteiger partial charge >= 0.3 is 0 Å². The van der Waals surface area contributed by atoms with Crippen LogP contribution in [0, 0.1) is 0 Å². The number of aliphatic imine (C=N–C) groups is 1. The van der Waals surface area contributed by atoms with Crippen LogP contribution in [-0.2, 0) is 0 Å². The zero-order chi connectivity index (χ0) is 15.8. The Kier molecular flexibility index (Phi) is 7.32. The van der Waals surface area contributed by atoms with Crippen molar-refractivity contribution in [3.8, 4) is 5.75 Å². The van der Waals surface area contributed by atoms with Gasteiger partial charge in [-0.25, -0.2) is 0 Å². The number of thiocarbonyl (C=S) groups is 1. The second kappa shape index (κ2) is 8.74. The Labute approximate surface area is 134 Å². The lowest BCUT2D eigenvalue weighted by Gasteiger charge is -2.18. The number of phenolic OH excluding ortho intramolecular Hbond substituents is 1. The lowest BCUT2D eigenvalue weighted by atomic mass is 10.1. The van der Waals surface area contributed by atoms with Crippen molar-refractivity contribution < 1.29 is 9.90 Å². The third-order valence-corrected chi connectivity index (χ3v) is 3.48. The third kappa shape index (κ3) is 5.10. The van der Waals surface area contributed by atoms with Crippen LogP contribution in [-0.4, -0.2) is 47.3 Å². The number of hydrogen-bond donors (Lipinski definition) is 2. The summed E-state index contributed by atoms with van der Waals surface area (Å²) in [5.41, 5.74) is 0.395. The molecule has 21 heavy (non-hydrogen) atoms. The van der Waals surface area contributed by atoms with Crippen molar-refractivity contribution >= 4 is 40.6 Å². The number of amides is 1. The van der Waals surface area contributed by atoms with Crippen LogP contribution in [0.15, 0.2) is 17.1 Å². The average Bonchev–Trinajstić information content (AvgIpc) is 2.47. The van der Waals surface area contributed by atoms with Crippen LogP contribution in [0.5, 0.6) is 5.75 Å². The van der Waals surface area contributed by atoms with Crippen LogP contribution < -0.4 is 5.32 Å². The maximum Gasteiger partial charge on any atom is 0.255 e. The van der Waals surface area contributed by atoms with Crippen molar-refractivity contribution in [3.63, 3.8) is 0 Å². The molecule has 0 aliphatic heterocycles. The highest BCUT2D eigenvalue weighted by atomic mass is 35.5. The Bertz CT molecular complexity index is 555. The van der Waals surface area contributed by atoms with E-state index in [1.165, 1.54) is 12.1 Å². The van der Waals surface area contributed by atoms with Gasteiger partial charge in [0, 0.05) is 19.2 Å². The van der Waals surface area contributed by atoms with Crippen molar-refractivity contribution in [1.82, 2.24) is 10.2 Å². The molecule has 7 heteroatoms. The van der Waals surface area contributed by atoms with Gasteiger partial charge in [-0.3, -0.25) is 4.79 Å². The van der Waals surface area contributed by atoms with E-state index in [9.17, 15) is 9.90 Å². The minimum absolute atomic E-state index is 0.114. The lowest BCUT2D eigenvalue weighted by Crippen LogP contribution is -2.34. The smallest absolute Gasteiger partial charge is 0.255 e. The molecule has 1 rings (SSSR count). The lowest BCUT2D eigenvalue weighted by molar-refractivity contribution is 0.0946. The second-order valence-corrected chi connectivity index (χ2v) is 4.90. The fourth-order valence-corrected chi connectivity index (χ4v) is 2.13. The van der Waals surface area contributed by atoms with Crippen LogP contribution in [0.2, 0.25) is 5.02 Å². The number of carbonyl (C=O) groups is 1. The molecule has 1 aromatic carbocycles. The summed E-state index contributed by atoms with van der Waals surface area (Å²) >= 11 is 10.5. The fourth-order valence-electron chi connectivity index (χ4n) is 1.83. The van der Waals surface area contributed by atoms with Crippen molar-refractivity contribution in [3.05, 3.63) is 22.7 Å². The van der Waals surface area contributed by atoms with E-state index in [1.807, 2.05) is 0 Å². The first kappa shape index (κ1) is 17.6. The van der Waals surface area contributed by atoms with Gasteiger partial charge in [0.25, 0.3) is 5.91 Å².